The Bertz CT molecular complexity index is 1270. The number of carbonyl (C=O) groups excluding carboxylic acids is 6. The van der Waals surface area contributed by atoms with Gasteiger partial charge in [-0.25, -0.2) is 0 Å². The molecule has 0 unspecified atom stereocenters. The van der Waals surface area contributed by atoms with E-state index in [0.29, 0.717) is 0 Å². The van der Waals surface area contributed by atoms with E-state index >= 15 is 0 Å². The van der Waals surface area contributed by atoms with Crippen molar-refractivity contribution in [3.63, 3.8) is 0 Å². The van der Waals surface area contributed by atoms with Gasteiger partial charge in [0.1, 0.15) is 6.10 Å². The molecular weight excluding hydrogens is 664 g/mol. The molecule has 0 radical (unpaired) electrons. The molecule has 2 aliphatic heterocycles. The summed E-state index contributed by atoms with van der Waals surface area (Å²) in [5.74, 6) is -4.56. The maximum atomic E-state index is 12.3. The lowest BCUT2D eigenvalue weighted by Gasteiger charge is -2.46. The number of allylic oxidation sites excluding steroid dienone is 3. The molecule has 16 nitrogen and oxygen atoms in total. The molecule has 50 heavy (non-hydrogen) atoms. The van der Waals surface area contributed by atoms with Crippen LogP contribution in [0.4, 0.5) is 0 Å². The minimum absolute atomic E-state index is 0.0149. The number of hydrogen-bond acceptors (Lipinski definition) is 16. The van der Waals surface area contributed by atoms with Crippen molar-refractivity contribution in [2.75, 3.05) is 13.2 Å². The van der Waals surface area contributed by atoms with Crippen LogP contribution in [-0.2, 0) is 76.1 Å². The van der Waals surface area contributed by atoms with Crippen LogP contribution in [0.2, 0.25) is 0 Å². The van der Waals surface area contributed by atoms with E-state index in [0.717, 1.165) is 60.0 Å². The first-order chi connectivity index (χ1) is 23.4. The Morgan fingerprint density at radius 2 is 0.940 bits per heavy atom. The standard InChI is InChI=1S/C34H50O16/c1-17(2)12-11-13-18(3)14-15-41-33-32(49-25(10)40)30(47-23(8)38)28(45-21(6)36)26(50-33)16-42-34-31(48-24(9)39)29(46-22(7)37)27(19(4)43-34)44-20(5)35/h12,14,19,26-34H,11,13,15-16H2,1-10H3/b18-14-/t19-,26+,27-,28+,29+,30-,31+,32+,33+,34+/m0/s1. The van der Waals surface area contributed by atoms with Gasteiger partial charge in [-0.05, 0) is 40.5 Å². The molecule has 2 heterocycles. The Labute approximate surface area is 291 Å². The van der Waals surface area contributed by atoms with Crippen LogP contribution in [-0.4, -0.2) is 110 Å². The predicted octanol–water partition coefficient (Wildman–Crippen LogP) is 2.77. The van der Waals surface area contributed by atoms with Crippen molar-refractivity contribution >= 4 is 35.8 Å². The highest BCUT2D eigenvalue weighted by molar-refractivity contribution is 5.69. The van der Waals surface area contributed by atoms with Gasteiger partial charge in [0.15, 0.2) is 49.2 Å². The van der Waals surface area contributed by atoms with E-state index in [-0.39, 0.29) is 6.61 Å². The molecular formula is C34H50O16. The van der Waals surface area contributed by atoms with Crippen LogP contribution in [0, 0.1) is 0 Å². The van der Waals surface area contributed by atoms with Gasteiger partial charge in [-0.2, -0.15) is 0 Å². The second kappa shape index (κ2) is 20.1. The number of hydrogen-bond donors (Lipinski definition) is 0. The van der Waals surface area contributed by atoms with Gasteiger partial charge in [-0.1, -0.05) is 23.3 Å². The number of carbonyl (C=O) groups is 6. The molecule has 0 aromatic rings. The zero-order valence-corrected chi connectivity index (χ0v) is 30.3. The van der Waals surface area contributed by atoms with E-state index < -0.39 is 104 Å². The maximum absolute atomic E-state index is 12.3. The molecule has 2 aliphatic rings. The average Bonchev–Trinajstić information content (AvgIpc) is 2.97. The second-order valence-corrected chi connectivity index (χ2v) is 12.2. The molecule has 0 N–H and O–H groups in total. The quantitative estimate of drug-likeness (QED) is 0.136. The highest BCUT2D eigenvalue weighted by atomic mass is 16.8. The molecule has 0 spiro atoms. The molecule has 282 valence electrons. The Morgan fingerprint density at radius 1 is 0.520 bits per heavy atom. The van der Waals surface area contributed by atoms with Gasteiger partial charge in [0.2, 0.25) is 0 Å². The van der Waals surface area contributed by atoms with Crippen LogP contribution in [0.5, 0.6) is 0 Å². The van der Waals surface area contributed by atoms with Gasteiger partial charge in [0.25, 0.3) is 0 Å². The maximum Gasteiger partial charge on any atom is 0.303 e. The molecule has 0 aliphatic carbocycles. The van der Waals surface area contributed by atoms with Crippen molar-refractivity contribution in [3.05, 3.63) is 23.3 Å². The third kappa shape index (κ3) is 13.8. The SMILES string of the molecule is CC(=O)O[C@@H]1[C@@H](OC(C)=O)[C@H](C)O[C@@H](OC[C@H]2O[C@@H](OC/C=C(/C)CCC=C(C)C)[C@H](OC(C)=O)[C@@H](OC(C)=O)[C@@H]2OC(C)=O)[C@@H]1OC(C)=O. The summed E-state index contributed by atoms with van der Waals surface area (Å²) in [6.07, 6.45) is -7.54. The highest BCUT2D eigenvalue weighted by Crippen LogP contribution is 2.33. The molecule has 0 aromatic carbocycles. The topological polar surface area (TPSA) is 195 Å². The minimum atomic E-state index is -1.43. The van der Waals surface area contributed by atoms with Gasteiger partial charge >= 0.3 is 35.8 Å². The van der Waals surface area contributed by atoms with E-state index in [2.05, 4.69) is 6.08 Å². The number of esters is 6. The lowest BCUT2D eigenvalue weighted by molar-refractivity contribution is -0.330. The predicted molar refractivity (Wildman–Crippen MR) is 171 cm³/mol. The molecule has 0 saturated carbocycles. The van der Waals surface area contributed by atoms with Gasteiger partial charge in [0.05, 0.1) is 19.3 Å². The highest BCUT2D eigenvalue weighted by Gasteiger charge is 2.54. The van der Waals surface area contributed by atoms with Crippen molar-refractivity contribution < 1.29 is 76.1 Å². The van der Waals surface area contributed by atoms with Gasteiger partial charge in [0, 0.05) is 41.5 Å². The number of ether oxygens (including phenoxy) is 10. The van der Waals surface area contributed by atoms with E-state index in [4.69, 9.17) is 47.4 Å². The van der Waals surface area contributed by atoms with Gasteiger partial charge in [-0.15, -0.1) is 0 Å². The van der Waals surface area contributed by atoms with Gasteiger partial charge in [-0.3, -0.25) is 28.8 Å². The van der Waals surface area contributed by atoms with Gasteiger partial charge < -0.3 is 47.4 Å². The summed E-state index contributed by atoms with van der Waals surface area (Å²) in [5.41, 5.74) is 2.21. The van der Waals surface area contributed by atoms with E-state index in [1.54, 1.807) is 0 Å². The van der Waals surface area contributed by atoms with Crippen molar-refractivity contribution in [2.45, 2.75) is 143 Å². The monoisotopic (exact) mass is 714 g/mol. The summed E-state index contributed by atoms with van der Waals surface area (Å²) >= 11 is 0. The van der Waals surface area contributed by atoms with Crippen LogP contribution >= 0.6 is 0 Å². The first-order valence-corrected chi connectivity index (χ1v) is 16.3. The smallest absolute Gasteiger partial charge is 0.303 e. The fourth-order valence-corrected chi connectivity index (χ4v) is 5.39. The van der Waals surface area contributed by atoms with Crippen molar-refractivity contribution in [3.8, 4) is 0 Å². The zero-order valence-electron chi connectivity index (χ0n) is 30.3. The summed E-state index contributed by atoms with van der Waals surface area (Å²) < 4.78 is 56.9. The summed E-state index contributed by atoms with van der Waals surface area (Å²) in [6, 6.07) is 0. The van der Waals surface area contributed by atoms with Crippen molar-refractivity contribution in [1.82, 2.24) is 0 Å². The fourth-order valence-electron chi connectivity index (χ4n) is 5.39. The molecule has 10 atom stereocenters. The third-order valence-corrected chi connectivity index (χ3v) is 7.34. The zero-order chi connectivity index (χ0) is 37.7. The molecule has 2 fully saturated rings. The fraction of sp³-hybridized carbons (Fsp3) is 0.706. The minimum Gasteiger partial charge on any atom is -0.456 e. The molecule has 0 aromatic heterocycles. The molecule has 2 saturated heterocycles. The third-order valence-electron chi connectivity index (χ3n) is 7.34. The van der Waals surface area contributed by atoms with Crippen molar-refractivity contribution in [2.24, 2.45) is 0 Å². The normalized spacial score (nSPS) is 29.5. The Kier molecular flexibility index (Phi) is 17.0. The van der Waals surface area contributed by atoms with E-state index in [1.807, 2.05) is 26.8 Å². The second-order valence-electron chi connectivity index (χ2n) is 12.2. The number of rotatable bonds is 15. The lowest BCUT2D eigenvalue weighted by atomic mass is 9.97. The van der Waals surface area contributed by atoms with Crippen LogP contribution in [0.1, 0.15) is 82.1 Å². The van der Waals surface area contributed by atoms with Crippen LogP contribution in [0.3, 0.4) is 0 Å². The summed E-state index contributed by atoms with van der Waals surface area (Å²) in [4.78, 5) is 72.8. The molecule has 0 bridgehead atoms. The summed E-state index contributed by atoms with van der Waals surface area (Å²) in [6.45, 7) is 13.8. The van der Waals surface area contributed by atoms with Crippen LogP contribution in [0.25, 0.3) is 0 Å². The molecule has 0 amide bonds. The Hall–Kier alpha value is -3.86. The molecule has 16 heteroatoms. The first kappa shape index (κ1) is 42.3. The van der Waals surface area contributed by atoms with Crippen LogP contribution < -0.4 is 0 Å². The Morgan fingerprint density at radius 3 is 1.42 bits per heavy atom. The van der Waals surface area contributed by atoms with E-state index in [9.17, 15) is 28.8 Å². The van der Waals surface area contributed by atoms with E-state index in [1.165, 1.54) is 12.5 Å². The first-order valence-electron chi connectivity index (χ1n) is 16.3. The van der Waals surface area contributed by atoms with Crippen molar-refractivity contribution in [1.29, 1.82) is 0 Å². The molecule has 2 rings (SSSR count). The van der Waals surface area contributed by atoms with Crippen LogP contribution in [0.15, 0.2) is 23.3 Å². The largest absolute Gasteiger partial charge is 0.456 e. The summed E-state index contributed by atoms with van der Waals surface area (Å²) in [5, 5.41) is 0. The summed E-state index contributed by atoms with van der Waals surface area (Å²) in [7, 11) is 0. The Balaban J connectivity index is 2.47. The average molecular weight is 715 g/mol. The lowest BCUT2D eigenvalue weighted by Crippen LogP contribution is -2.64.